The summed E-state index contributed by atoms with van der Waals surface area (Å²) < 4.78 is 5.24. The second-order valence-electron chi connectivity index (χ2n) is 4.04. The van der Waals surface area contributed by atoms with Crippen LogP contribution in [-0.2, 0) is 6.54 Å². The van der Waals surface area contributed by atoms with Gasteiger partial charge in [-0.3, -0.25) is 0 Å². The fraction of sp³-hybridized carbons (Fsp3) is 0.500. The molecule has 0 heterocycles. The van der Waals surface area contributed by atoms with Crippen LogP contribution in [0, 0.1) is 0 Å². The first-order valence-corrected chi connectivity index (χ1v) is 5.36. The highest BCUT2D eigenvalue weighted by Gasteiger charge is 2.27. The number of rotatable bonds is 4. The molecule has 0 amide bonds. The first kappa shape index (κ1) is 10.3. The van der Waals surface area contributed by atoms with Crippen molar-refractivity contribution in [3.8, 4) is 5.75 Å². The van der Waals surface area contributed by atoms with Crippen LogP contribution >= 0.6 is 0 Å². The van der Waals surface area contributed by atoms with Gasteiger partial charge in [0.15, 0.2) is 0 Å². The van der Waals surface area contributed by atoms with Gasteiger partial charge in [0.1, 0.15) is 5.75 Å². The standard InChI is InChI=1S/C12H18N2O/c1-14(10-4-5-10)12-7-11(15-2)6-3-9(12)8-13/h3,6-7,10H,4-5,8,13H2,1-2H3. The second-order valence-corrected chi connectivity index (χ2v) is 4.04. The maximum Gasteiger partial charge on any atom is 0.120 e. The van der Waals surface area contributed by atoms with Crippen molar-refractivity contribution in [3.05, 3.63) is 23.8 Å². The summed E-state index contributed by atoms with van der Waals surface area (Å²) in [5.74, 6) is 0.898. The molecule has 2 N–H and O–H groups in total. The van der Waals surface area contributed by atoms with Crippen LogP contribution in [0.5, 0.6) is 5.75 Å². The second kappa shape index (κ2) is 4.11. The van der Waals surface area contributed by atoms with E-state index in [9.17, 15) is 0 Å². The van der Waals surface area contributed by atoms with Crippen molar-refractivity contribution >= 4 is 5.69 Å². The van der Waals surface area contributed by atoms with Gasteiger partial charge in [0.05, 0.1) is 7.11 Å². The Hall–Kier alpha value is -1.22. The van der Waals surface area contributed by atoms with Crippen LogP contribution < -0.4 is 15.4 Å². The Labute approximate surface area is 90.8 Å². The van der Waals surface area contributed by atoms with Crippen molar-refractivity contribution in [2.24, 2.45) is 5.73 Å². The van der Waals surface area contributed by atoms with E-state index < -0.39 is 0 Å². The molecule has 0 saturated heterocycles. The molecule has 0 bridgehead atoms. The van der Waals surface area contributed by atoms with E-state index in [2.05, 4.69) is 18.0 Å². The van der Waals surface area contributed by atoms with Gasteiger partial charge in [-0.15, -0.1) is 0 Å². The number of benzene rings is 1. The third kappa shape index (κ3) is 2.07. The molecule has 82 valence electrons. The molecule has 1 saturated carbocycles. The highest BCUT2D eigenvalue weighted by molar-refractivity contribution is 5.58. The van der Waals surface area contributed by atoms with E-state index in [1.54, 1.807) is 7.11 Å². The first-order chi connectivity index (χ1) is 7.26. The van der Waals surface area contributed by atoms with E-state index in [1.807, 2.05) is 12.1 Å². The molecule has 1 aromatic rings. The summed E-state index contributed by atoms with van der Waals surface area (Å²) in [5.41, 5.74) is 8.13. The van der Waals surface area contributed by atoms with E-state index in [0.29, 0.717) is 12.6 Å². The molecule has 15 heavy (non-hydrogen) atoms. The van der Waals surface area contributed by atoms with E-state index >= 15 is 0 Å². The van der Waals surface area contributed by atoms with Crippen LogP contribution in [0.2, 0.25) is 0 Å². The summed E-state index contributed by atoms with van der Waals surface area (Å²) in [6.07, 6.45) is 2.58. The van der Waals surface area contributed by atoms with E-state index in [4.69, 9.17) is 10.5 Å². The van der Waals surface area contributed by atoms with Crippen LogP contribution in [0.15, 0.2) is 18.2 Å². The van der Waals surface area contributed by atoms with Crippen LogP contribution in [0.1, 0.15) is 18.4 Å². The van der Waals surface area contributed by atoms with Crippen molar-refractivity contribution in [1.29, 1.82) is 0 Å². The zero-order chi connectivity index (χ0) is 10.8. The zero-order valence-corrected chi connectivity index (χ0v) is 9.36. The largest absolute Gasteiger partial charge is 0.497 e. The SMILES string of the molecule is COc1ccc(CN)c(N(C)C2CC2)c1. The maximum absolute atomic E-state index is 5.73. The third-order valence-corrected chi connectivity index (χ3v) is 2.99. The van der Waals surface area contributed by atoms with Gasteiger partial charge in [-0.2, -0.15) is 0 Å². The molecule has 0 atom stereocenters. The molecule has 0 aliphatic heterocycles. The fourth-order valence-electron chi connectivity index (χ4n) is 1.83. The minimum absolute atomic E-state index is 0.580. The fourth-order valence-corrected chi connectivity index (χ4v) is 1.83. The predicted octanol–water partition coefficient (Wildman–Crippen LogP) is 1.75. The van der Waals surface area contributed by atoms with Gasteiger partial charge in [-0.05, 0) is 24.5 Å². The molecule has 3 heteroatoms. The number of anilines is 1. The number of nitrogens with zero attached hydrogens (tertiary/aromatic N) is 1. The van der Waals surface area contributed by atoms with Crippen LogP contribution in [0.4, 0.5) is 5.69 Å². The lowest BCUT2D eigenvalue weighted by Gasteiger charge is -2.22. The lowest BCUT2D eigenvalue weighted by Crippen LogP contribution is -2.21. The molecule has 1 aliphatic rings. The summed E-state index contributed by atoms with van der Waals surface area (Å²) in [6.45, 7) is 0.580. The van der Waals surface area contributed by atoms with Gasteiger partial charge in [0, 0.05) is 31.4 Å². The van der Waals surface area contributed by atoms with Crippen LogP contribution in [0.3, 0.4) is 0 Å². The molecular formula is C12H18N2O. The van der Waals surface area contributed by atoms with Gasteiger partial charge in [0.25, 0.3) is 0 Å². The lowest BCUT2D eigenvalue weighted by molar-refractivity contribution is 0.414. The van der Waals surface area contributed by atoms with E-state index in [1.165, 1.54) is 24.1 Å². The predicted molar refractivity (Wildman–Crippen MR) is 62.3 cm³/mol. The average molecular weight is 206 g/mol. The molecule has 0 unspecified atom stereocenters. The Balaban J connectivity index is 2.31. The van der Waals surface area contributed by atoms with Crippen molar-refractivity contribution in [3.63, 3.8) is 0 Å². The summed E-state index contributed by atoms with van der Waals surface area (Å²) in [6, 6.07) is 6.78. The van der Waals surface area contributed by atoms with Crippen LogP contribution in [0.25, 0.3) is 0 Å². The molecule has 3 nitrogen and oxygen atoms in total. The number of hydrogen-bond donors (Lipinski definition) is 1. The van der Waals surface area contributed by atoms with E-state index in [-0.39, 0.29) is 0 Å². The van der Waals surface area contributed by atoms with Crippen molar-refractivity contribution in [2.45, 2.75) is 25.4 Å². The summed E-state index contributed by atoms with van der Waals surface area (Å²) >= 11 is 0. The number of methoxy groups -OCH3 is 1. The Morgan fingerprint density at radius 1 is 1.47 bits per heavy atom. The van der Waals surface area contributed by atoms with Gasteiger partial charge in [0.2, 0.25) is 0 Å². The van der Waals surface area contributed by atoms with Gasteiger partial charge in [-0.1, -0.05) is 6.07 Å². The smallest absolute Gasteiger partial charge is 0.120 e. The molecular weight excluding hydrogens is 188 g/mol. The van der Waals surface area contributed by atoms with Crippen LogP contribution in [-0.4, -0.2) is 20.2 Å². The van der Waals surface area contributed by atoms with Crippen molar-refractivity contribution in [1.82, 2.24) is 0 Å². The van der Waals surface area contributed by atoms with Gasteiger partial charge < -0.3 is 15.4 Å². The lowest BCUT2D eigenvalue weighted by atomic mass is 10.1. The molecule has 1 aliphatic carbocycles. The number of ether oxygens (including phenoxy) is 1. The van der Waals surface area contributed by atoms with Crippen molar-refractivity contribution < 1.29 is 4.74 Å². The Morgan fingerprint density at radius 3 is 2.73 bits per heavy atom. The molecule has 0 spiro atoms. The molecule has 2 rings (SSSR count). The normalized spacial score (nSPS) is 15.1. The molecule has 1 fully saturated rings. The summed E-state index contributed by atoms with van der Waals surface area (Å²) in [5, 5.41) is 0. The number of nitrogens with two attached hydrogens (primary N) is 1. The Morgan fingerprint density at radius 2 is 2.20 bits per heavy atom. The Bertz CT molecular complexity index is 347. The maximum atomic E-state index is 5.73. The summed E-state index contributed by atoms with van der Waals surface area (Å²) in [7, 11) is 3.82. The topological polar surface area (TPSA) is 38.5 Å². The highest BCUT2D eigenvalue weighted by atomic mass is 16.5. The number of hydrogen-bond acceptors (Lipinski definition) is 3. The monoisotopic (exact) mass is 206 g/mol. The minimum atomic E-state index is 0.580. The highest BCUT2D eigenvalue weighted by Crippen LogP contribution is 2.34. The quantitative estimate of drug-likeness (QED) is 0.815. The average Bonchev–Trinajstić information content (AvgIpc) is 3.11. The third-order valence-electron chi connectivity index (χ3n) is 2.99. The van der Waals surface area contributed by atoms with E-state index in [0.717, 1.165) is 5.75 Å². The van der Waals surface area contributed by atoms with Crippen molar-refractivity contribution in [2.75, 3.05) is 19.1 Å². The molecule has 1 aromatic carbocycles. The summed E-state index contributed by atoms with van der Waals surface area (Å²) in [4.78, 5) is 2.31. The van der Waals surface area contributed by atoms with Gasteiger partial charge in [-0.25, -0.2) is 0 Å². The first-order valence-electron chi connectivity index (χ1n) is 5.36. The zero-order valence-electron chi connectivity index (χ0n) is 9.36. The molecule has 0 radical (unpaired) electrons. The minimum Gasteiger partial charge on any atom is -0.497 e. The van der Waals surface area contributed by atoms with Gasteiger partial charge >= 0.3 is 0 Å². The molecule has 0 aromatic heterocycles. The Kier molecular flexibility index (Phi) is 2.82.